The molecule has 15 heavy (non-hydrogen) atoms. The number of carbonyl (C=O) groups is 1. The molecule has 3 nitrogen and oxygen atoms in total. The summed E-state index contributed by atoms with van der Waals surface area (Å²) < 4.78 is 0. The van der Waals surface area contributed by atoms with Crippen molar-refractivity contribution in [1.29, 1.82) is 0 Å². The van der Waals surface area contributed by atoms with Crippen LogP contribution in [0.1, 0.15) is 57.9 Å². The highest BCUT2D eigenvalue weighted by molar-refractivity contribution is 5.91. The predicted molar refractivity (Wildman–Crippen MR) is 62.1 cm³/mol. The van der Waals surface area contributed by atoms with Gasteiger partial charge in [0.05, 0.1) is 0 Å². The summed E-state index contributed by atoms with van der Waals surface area (Å²) in [7, 11) is 0. The maximum Gasteiger partial charge on any atom is 0.178 e. The van der Waals surface area contributed by atoms with Gasteiger partial charge >= 0.3 is 0 Å². The zero-order chi connectivity index (χ0) is 12.1. The normalized spacial score (nSPS) is 10.3. The first-order valence-electron chi connectivity index (χ1n) is 5.26. The Morgan fingerprint density at radius 3 is 2.20 bits per heavy atom. The summed E-state index contributed by atoms with van der Waals surface area (Å²) in [6.07, 6.45) is 1.63. The topological polar surface area (TPSA) is 42.9 Å². The van der Waals surface area contributed by atoms with E-state index in [4.69, 9.17) is 0 Å². The molecule has 0 amide bonds. The van der Waals surface area contributed by atoms with Crippen molar-refractivity contribution in [3.05, 3.63) is 23.8 Å². The van der Waals surface area contributed by atoms with Gasteiger partial charge in [-0.15, -0.1) is 0 Å². The van der Waals surface area contributed by atoms with Crippen LogP contribution in [0.2, 0.25) is 0 Å². The molecular formula is C12H20N2O. The molecule has 0 aliphatic carbocycles. The van der Waals surface area contributed by atoms with Crippen molar-refractivity contribution < 1.29 is 4.79 Å². The van der Waals surface area contributed by atoms with Gasteiger partial charge in [0.15, 0.2) is 5.78 Å². The molecule has 84 valence electrons. The molecule has 0 unspecified atom stereocenters. The zero-order valence-corrected chi connectivity index (χ0v) is 10.5. The second-order valence-electron chi connectivity index (χ2n) is 4.07. The summed E-state index contributed by atoms with van der Waals surface area (Å²) in [6, 6.07) is 1.64. The number of rotatable bonds is 1. The van der Waals surface area contributed by atoms with Crippen molar-refractivity contribution in [3.8, 4) is 0 Å². The Morgan fingerprint density at radius 1 is 1.27 bits per heavy atom. The van der Waals surface area contributed by atoms with Gasteiger partial charge in [0.1, 0.15) is 11.5 Å². The zero-order valence-electron chi connectivity index (χ0n) is 10.5. The molecule has 0 saturated heterocycles. The number of carbonyl (C=O) groups excluding carboxylic acids is 1. The van der Waals surface area contributed by atoms with Crippen LogP contribution in [0, 0.1) is 0 Å². The van der Waals surface area contributed by atoms with Gasteiger partial charge in [0.25, 0.3) is 0 Å². The van der Waals surface area contributed by atoms with Gasteiger partial charge in [-0.2, -0.15) is 0 Å². The molecule has 1 heterocycles. The molecule has 0 aromatic carbocycles. The van der Waals surface area contributed by atoms with E-state index in [0.717, 1.165) is 0 Å². The van der Waals surface area contributed by atoms with E-state index in [0.29, 0.717) is 11.5 Å². The van der Waals surface area contributed by atoms with Crippen molar-refractivity contribution >= 4 is 5.78 Å². The second kappa shape index (κ2) is 5.59. The van der Waals surface area contributed by atoms with Gasteiger partial charge in [-0.05, 0) is 6.07 Å². The van der Waals surface area contributed by atoms with Gasteiger partial charge in [-0.1, -0.05) is 34.6 Å². The Hall–Kier alpha value is -1.25. The van der Waals surface area contributed by atoms with Crippen molar-refractivity contribution in [1.82, 2.24) is 9.97 Å². The van der Waals surface area contributed by atoms with Crippen LogP contribution in [-0.2, 0) is 5.41 Å². The van der Waals surface area contributed by atoms with Crippen molar-refractivity contribution in [2.75, 3.05) is 0 Å². The van der Waals surface area contributed by atoms with E-state index >= 15 is 0 Å². The highest BCUT2D eigenvalue weighted by atomic mass is 16.1. The fourth-order valence-corrected chi connectivity index (χ4v) is 0.916. The largest absolute Gasteiger partial charge is 0.293 e. The second-order valence-corrected chi connectivity index (χ2v) is 4.07. The maximum atomic E-state index is 11.0. The van der Waals surface area contributed by atoms with Gasteiger partial charge in [-0.25, -0.2) is 9.97 Å². The van der Waals surface area contributed by atoms with Crippen LogP contribution in [-0.4, -0.2) is 15.8 Å². The van der Waals surface area contributed by atoms with E-state index in [9.17, 15) is 4.79 Å². The molecule has 0 bridgehead atoms. The van der Waals surface area contributed by atoms with E-state index in [-0.39, 0.29) is 11.2 Å². The number of ketones is 1. The van der Waals surface area contributed by atoms with Gasteiger partial charge in [0.2, 0.25) is 0 Å². The van der Waals surface area contributed by atoms with Crippen LogP contribution in [0.25, 0.3) is 0 Å². The van der Waals surface area contributed by atoms with Crippen LogP contribution >= 0.6 is 0 Å². The van der Waals surface area contributed by atoms with Crippen LogP contribution in [0.15, 0.2) is 12.3 Å². The quantitative estimate of drug-likeness (QED) is 0.666. The Morgan fingerprint density at radius 2 is 1.80 bits per heavy atom. The summed E-state index contributed by atoms with van der Waals surface area (Å²) in [6.45, 7) is 11.6. The minimum Gasteiger partial charge on any atom is -0.293 e. The number of Topliss-reactive ketones (excluding diaryl/α,β-unsaturated/α-hetero) is 1. The third-order valence-corrected chi connectivity index (χ3v) is 1.69. The smallest absolute Gasteiger partial charge is 0.178 e. The summed E-state index contributed by atoms with van der Waals surface area (Å²) in [5.74, 6) is 0.688. The van der Waals surface area contributed by atoms with Gasteiger partial charge in [0, 0.05) is 18.5 Å². The number of hydrogen-bond donors (Lipinski definition) is 0. The molecule has 3 heteroatoms. The van der Waals surface area contributed by atoms with Crippen molar-refractivity contribution in [2.24, 2.45) is 0 Å². The third-order valence-electron chi connectivity index (χ3n) is 1.69. The minimum atomic E-state index is -0.106. The van der Waals surface area contributed by atoms with Crippen molar-refractivity contribution in [2.45, 2.75) is 47.0 Å². The highest BCUT2D eigenvalue weighted by Gasteiger charge is 2.17. The molecule has 1 aromatic heterocycles. The molecule has 0 spiro atoms. The fraction of sp³-hybridized carbons (Fsp3) is 0.583. The molecule has 0 saturated carbocycles. The fourth-order valence-electron chi connectivity index (χ4n) is 0.916. The lowest BCUT2D eigenvalue weighted by Crippen LogP contribution is -2.17. The summed E-state index contributed by atoms with van der Waals surface area (Å²) in [5.41, 5.74) is 0.380. The Balaban J connectivity index is 0.000000921. The lowest BCUT2D eigenvalue weighted by Gasteiger charge is -2.16. The molecule has 0 fully saturated rings. The first-order chi connectivity index (χ1) is 6.91. The monoisotopic (exact) mass is 208 g/mol. The SMILES string of the molecule is CC.CC(=O)c1ccnc(C(C)(C)C)n1. The van der Waals surface area contributed by atoms with Crippen LogP contribution in [0.5, 0.6) is 0 Å². The van der Waals surface area contributed by atoms with Crippen LogP contribution in [0.4, 0.5) is 0 Å². The molecule has 1 rings (SSSR count). The summed E-state index contributed by atoms with van der Waals surface area (Å²) in [4.78, 5) is 19.3. The minimum absolute atomic E-state index is 0.0205. The maximum absolute atomic E-state index is 11.0. The lowest BCUT2D eigenvalue weighted by atomic mass is 9.95. The van der Waals surface area contributed by atoms with Gasteiger partial charge in [-0.3, -0.25) is 4.79 Å². The average Bonchev–Trinajstić information content (AvgIpc) is 2.20. The van der Waals surface area contributed by atoms with E-state index in [1.54, 1.807) is 12.3 Å². The molecule has 0 radical (unpaired) electrons. The summed E-state index contributed by atoms with van der Waals surface area (Å²) >= 11 is 0. The Labute approximate surface area is 92.0 Å². The molecule has 0 aliphatic rings. The summed E-state index contributed by atoms with van der Waals surface area (Å²) in [5, 5.41) is 0. The standard InChI is InChI=1S/C10H14N2O.C2H6/c1-7(13)8-5-6-11-9(12-8)10(2,3)4;1-2/h5-6H,1-4H3;1-2H3. The van der Waals surface area contributed by atoms with Crippen LogP contribution in [0.3, 0.4) is 0 Å². The molecule has 1 aromatic rings. The van der Waals surface area contributed by atoms with Gasteiger partial charge < -0.3 is 0 Å². The van der Waals surface area contributed by atoms with E-state index in [2.05, 4.69) is 9.97 Å². The Bertz CT molecular complexity index is 327. The van der Waals surface area contributed by atoms with E-state index in [1.165, 1.54) is 6.92 Å². The van der Waals surface area contributed by atoms with E-state index < -0.39 is 0 Å². The molecular weight excluding hydrogens is 188 g/mol. The highest BCUT2D eigenvalue weighted by Crippen LogP contribution is 2.17. The number of aromatic nitrogens is 2. The number of nitrogens with zero attached hydrogens (tertiary/aromatic N) is 2. The first kappa shape index (κ1) is 13.8. The average molecular weight is 208 g/mol. The third kappa shape index (κ3) is 4.19. The van der Waals surface area contributed by atoms with Crippen LogP contribution < -0.4 is 0 Å². The molecule has 0 atom stereocenters. The first-order valence-corrected chi connectivity index (χ1v) is 5.26. The van der Waals surface area contributed by atoms with Crippen molar-refractivity contribution in [3.63, 3.8) is 0 Å². The predicted octanol–water partition coefficient (Wildman–Crippen LogP) is 3.00. The van der Waals surface area contributed by atoms with E-state index in [1.807, 2.05) is 34.6 Å². The Kier molecular flexibility index (Phi) is 5.12. The number of hydrogen-bond acceptors (Lipinski definition) is 3. The molecule has 0 aliphatic heterocycles. The molecule has 0 N–H and O–H groups in total. The lowest BCUT2D eigenvalue weighted by molar-refractivity contribution is 0.101.